The molecule has 1 N–H and O–H groups in total. The van der Waals surface area contributed by atoms with Gasteiger partial charge in [0.25, 0.3) is 5.91 Å². The first kappa shape index (κ1) is 18.6. The summed E-state index contributed by atoms with van der Waals surface area (Å²) in [6.07, 6.45) is 7.68. The van der Waals surface area contributed by atoms with E-state index in [2.05, 4.69) is 10.3 Å². The Morgan fingerprint density at radius 1 is 1.12 bits per heavy atom. The van der Waals surface area contributed by atoms with Crippen molar-refractivity contribution >= 4 is 22.5 Å². The van der Waals surface area contributed by atoms with Gasteiger partial charge in [-0.15, -0.1) is 0 Å². The van der Waals surface area contributed by atoms with Gasteiger partial charge < -0.3 is 14.8 Å². The lowest BCUT2D eigenvalue weighted by Crippen LogP contribution is -2.45. The van der Waals surface area contributed by atoms with Gasteiger partial charge in [0.2, 0.25) is 0 Å². The van der Waals surface area contributed by atoms with E-state index in [4.69, 9.17) is 9.47 Å². The first-order valence-electron chi connectivity index (χ1n) is 9.66. The topological polar surface area (TPSA) is 60.5 Å². The lowest BCUT2D eigenvalue weighted by Gasteiger charge is -2.31. The number of carbonyl (C=O) groups is 1. The Morgan fingerprint density at radius 2 is 1.88 bits per heavy atom. The minimum absolute atomic E-state index is 0.0458. The van der Waals surface area contributed by atoms with Gasteiger partial charge in [0.15, 0.2) is 0 Å². The smallest absolute Gasteiger partial charge is 0.256 e. The van der Waals surface area contributed by atoms with Crippen LogP contribution in [0.2, 0.25) is 0 Å². The van der Waals surface area contributed by atoms with Crippen molar-refractivity contribution in [2.75, 3.05) is 18.5 Å². The molecular weight excluding hydrogens is 328 g/mol. The van der Waals surface area contributed by atoms with Crippen molar-refractivity contribution in [3.05, 3.63) is 30.5 Å². The summed E-state index contributed by atoms with van der Waals surface area (Å²) in [6.45, 7) is 5.02. The number of carbonyl (C=O) groups excluding carboxylic acids is 1. The summed E-state index contributed by atoms with van der Waals surface area (Å²) in [5.74, 6) is 0.686. The Kier molecular flexibility index (Phi) is 6.09. The molecular formula is C21H28N2O3. The van der Waals surface area contributed by atoms with Crippen LogP contribution in [0.25, 0.3) is 10.9 Å². The van der Waals surface area contributed by atoms with Gasteiger partial charge in [0.1, 0.15) is 16.9 Å². The highest BCUT2D eigenvalue weighted by atomic mass is 16.5. The third-order valence-electron chi connectivity index (χ3n) is 5.03. The van der Waals surface area contributed by atoms with Crippen molar-refractivity contribution in [2.45, 2.75) is 58.0 Å². The molecule has 5 heteroatoms. The van der Waals surface area contributed by atoms with Crippen molar-refractivity contribution in [1.82, 2.24) is 4.98 Å². The monoisotopic (exact) mass is 356 g/mol. The van der Waals surface area contributed by atoms with Crippen LogP contribution < -0.4 is 10.1 Å². The Morgan fingerprint density at radius 3 is 2.58 bits per heavy atom. The maximum absolute atomic E-state index is 13.2. The van der Waals surface area contributed by atoms with E-state index in [-0.39, 0.29) is 5.91 Å². The summed E-state index contributed by atoms with van der Waals surface area (Å²) in [5, 5.41) is 4.00. The summed E-state index contributed by atoms with van der Waals surface area (Å²) in [5.41, 5.74) is 0.793. The highest BCUT2D eigenvalue weighted by molar-refractivity contribution is 6.05. The maximum Gasteiger partial charge on any atom is 0.256 e. The molecule has 0 saturated heterocycles. The van der Waals surface area contributed by atoms with E-state index in [0.29, 0.717) is 13.2 Å². The first-order valence-corrected chi connectivity index (χ1v) is 9.66. The fourth-order valence-corrected chi connectivity index (χ4v) is 3.78. The van der Waals surface area contributed by atoms with Crippen LogP contribution in [-0.4, -0.2) is 29.7 Å². The zero-order valence-corrected chi connectivity index (χ0v) is 15.7. The normalized spacial score (nSPS) is 16.8. The van der Waals surface area contributed by atoms with Crippen molar-refractivity contribution in [3.8, 4) is 5.75 Å². The maximum atomic E-state index is 13.2. The molecule has 26 heavy (non-hydrogen) atoms. The Hall–Kier alpha value is -2.14. The first-order chi connectivity index (χ1) is 12.7. The summed E-state index contributed by atoms with van der Waals surface area (Å²) in [4.78, 5) is 17.6. The summed E-state index contributed by atoms with van der Waals surface area (Å²) in [7, 11) is 0. The molecule has 1 aromatic heterocycles. The zero-order valence-electron chi connectivity index (χ0n) is 15.7. The second-order valence-electron chi connectivity index (χ2n) is 6.74. The number of rotatable bonds is 6. The van der Waals surface area contributed by atoms with E-state index >= 15 is 0 Å². The Bertz CT molecular complexity index is 752. The van der Waals surface area contributed by atoms with Gasteiger partial charge in [0, 0.05) is 18.2 Å². The van der Waals surface area contributed by atoms with Crippen LogP contribution in [0, 0.1) is 0 Å². The van der Waals surface area contributed by atoms with Crippen LogP contribution in [0.1, 0.15) is 52.4 Å². The molecule has 2 aromatic rings. The molecule has 1 heterocycles. The number of nitrogens with zero attached hydrogens (tertiary/aromatic N) is 1. The Labute approximate surface area is 155 Å². The number of benzene rings is 1. The Balaban J connectivity index is 1.92. The van der Waals surface area contributed by atoms with Crippen LogP contribution >= 0.6 is 0 Å². The SMILES string of the molecule is CCOc1ccc(NC(=O)C2(OCC)CCCCCC2)c2cccnc12. The molecule has 1 saturated carbocycles. The molecule has 0 aliphatic heterocycles. The molecule has 5 nitrogen and oxygen atoms in total. The molecule has 1 aliphatic rings. The van der Waals surface area contributed by atoms with Crippen LogP contribution in [-0.2, 0) is 9.53 Å². The molecule has 0 unspecified atom stereocenters. The van der Waals surface area contributed by atoms with Crippen molar-refractivity contribution in [3.63, 3.8) is 0 Å². The number of amides is 1. The number of ether oxygens (including phenoxy) is 2. The van der Waals surface area contributed by atoms with Gasteiger partial charge in [-0.2, -0.15) is 0 Å². The second kappa shape index (κ2) is 8.49. The van der Waals surface area contributed by atoms with Crippen molar-refractivity contribution in [1.29, 1.82) is 0 Å². The lowest BCUT2D eigenvalue weighted by atomic mass is 9.92. The fraction of sp³-hybridized carbons (Fsp3) is 0.524. The molecule has 0 bridgehead atoms. The van der Waals surface area contributed by atoms with E-state index < -0.39 is 5.60 Å². The molecule has 1 aromatic carbocycles. The van der Waals surface area contributed by atoms with Crippen LogP contribution in [0.4, 0.5) is 5.69 Å². The quantitative estimate of drug-likeness (QED) is 0.762. The number of anilines is 1. The third kappa shape index (κ3) is 3.83. The van der Waals surface area contributed by atoms with Crippen LogP contribution in [0.5, 0.6) is 5.75 Å². The molecule has 0 atom stereocenters. The molecule has 1 amide bonds. The average Bonchev–Trinajstić information content (AvgIpc) is 2.91. The van der Waals surface area contributed by atoms with Gasteiger partial charge in [-0.3, -0.25) is 9.78 Å². The van der Waals surface area contributed by atoms with E-state index in [1.165, 1.54) is 0 Å². The number of pyridine rings is 1. The number of aromatic nitrogens is 1. The predicted molar refractivity (Wildman–Crippen MR) is 104 cm³/mol. The van der Waals surface area contributed by atoms with Gasteiger partial charge in [-0.05, 0) is 51.0 Å². The van der Waals surface area contributed by atoms with E-state index in [0.717, 1.165) is 60.9 Å². The van der Waals surface area contributed by atoms with E-state index in [1.54, 1.807) is 6.20 Å². The van der Waals surface area contributed by atoms with E-state index in [9.17, 15) is 4.79 Å². The highest BCUT2D eigenvalue weighted by Crippen LogP contribution is 2.34. The molecule has 0 spiro atoms. The average molecular weight is 356 g/mol. The zero-order chi connectivity index (χ0) is 18.4. The van der Waals surface area contributed by atoms with Gasteiger partial charge in [-0.1, -0.05) is 25.7 Å². The van der Waals surface area contributed by atoms with Gasteiger partial charge >= 0.3 is 0 Å². The molecule has 0 radical (unpaired) electrons. The summed E-state index contributed by atoms with van der Waals surface area (Å²) < 4.78 is 11.7. The number of hydrogen-bond donors (Lipinski definition) is 1. The second-order valence-corrected chi connectivity index (χ2v) is 6.74. The van der Waals surface area contributed by atoms with Crippen molar-refractivity contribution in [2.24, 2.45) is 0 Å². The summed E-state index contributed by atoms with van der Waals surface area (Å²) >= 11 is 0. The molecule has 1 fully saturated rings. The summed E-state index contributed by atoms with van der Waals surface area (Å²) in [6, 6.07) is 7.59. The van der Waals surface area contributed by atoms with Crippen molar-refractivity contribution < 1.29 is 14.3 Å². The standard InChI is InChI=1S/C21H28N2O3/c1-3-25-18-12-11-17(16-10-9-15-22-19(16)18)23-20(24)21(26-4-2)13-7-5-6-8-14-21/h9-12,15H,3-8,13-14H2,1-2H3,(H,23,24). The minimum Gasteiger partial charge on any atom is -0.492 e. The molecule has 140 valence electrons. The van der Waals surface area contributed by atoms with Crippen LogP contribution in [0.3, 0.4) is 0 Å². The molecule has 3 rings (SSSR count). The van der Waals surface area contributed by atoms with E-state index in [1.807, 2.05) is 38.1 Å². The number of hydrogen-bond acceptors (Lipinski definition) is 4. The highest BCUT2D eigenvalue weighted by Gasteiger charge is 2.39. The fourth-order valence-electron chi connectivity index (χ4n) is 3.78. The van der Waals surface area contributed by atoms with Gasteiger partial charge in [-0.25, -0.2) is 0 Å². The minimum atomic E-state index is -0.724. The number of nitrogens with one attached hydrogen (secondary N) is 1. The largest absolute Gasteiger partial charge is 0.492 e. The lowest BCUT2D eigenvalue weighted by molar-refractivity contribution is -0.143. The third-order valence-corrected chi connectivity index (χ3v) is 5.03. The predicted octanol–water partition coefficient (Wildman–Crippen LogP) is 4.70. The van der Waals surface area contributed by atoms with Gasteiger partial charge in [0.05, 0.1) is 12.3 Å². The number of fused-ring (bicyclic) bond motifs is 1. The molecule has 1 aliphatic carbocycles. The van der Waals surface area contributed by atoms with Crippen LogP contribution in [0.15, 0.2) is 30.5 Å².